The minimum Gasteiger partial charge on any atom is -0.368 e. The molecule has 21 heavy (non-hydrogen) atoms. The molecule has 0 aliphatic carbocycles. The highest BCUT2D eigenvalue weighted by molar-refractivity contribution is 6.17. The van der Waals surface area contributed by atoms with Crippen molar-refractivity contribution < 1.29 is 0 Å². The van der Waals surface area contributed by atoms with Crippen molar-refractivity contribution >= 4 is 34.9 Å². The number of fused-ring (bicyclic) bond motifs is 1. The van der Waals surface area contributed by atoms with Gasteiger partial charge >= 0.3 is 0 Å². The largest absolute Gasteiger partial charge is 0.368 e. The Morgan fingerprint density at radius 3 is 1.57 bits per heavy atom. The minimum atomic E-state index is 0. The maximum Gasteiger partial charge on any atom is 0.129 e. The molecular formula is C16H17ClN4. The summed E-state index contributed by atoms with van der Waals surface area (Å²) in [6, 6.07) is 12.8. The van der Waals surface area contributed by atoms with Gasteiger partial charge in [-0.05, 0) is 22.9 Å². The molecule has 0 saturated heterocycles. The van der Waals surface area contributed by atoms with Gasteiger partial charge in [0.1, 0.15) is 11.7 Å². The van der Waals surface area contributed by atoms with E-state index < -0.39 is 0 Å². The van der Waals surface area contributed by atoms with Gasteiger partial charge in [-0.15, -0.1) is 12.4 Å². The molecule has 0 aromatic heterocycles. The first-order valence-electron chi connectivity index (χ1n) is 7.02. The van der Waals surface area contributed by atoms with Gasteiger partial charge in [0.2, 0.25) is 0 Å². The van der Waals surface area contributed by atoms with Crippen molar-refractivity contribution in [3.05, 3.63) is 47.5 Å². The third-order valence-electron chi connectivity index (χ3n) is 3.78. The van der Waals surface area contributed by atoms with Crippen LogP contribution >= 0.6 is 12.4 Å². The first kappa shape index (κ1) is 13.9. The molecule has 0 fully saturated rings. The summed E-state index contributed by atoms with van der Waals surface area (Å²) in [6.45, 7) is 3.58. The van der Waals surface area contributed by atoms with Crippen LogP contribution in [-0.4, -0.2) is 37.9 Å². The fourth-order valence-electron chi connectivity index (χ4n) is 2.87. The number of hydrogen-bond acceptors (Lipinski definition) is 4. The van der Waals surface area contributed by atoms with Crippen molar-refractivity contribution in [1.82, 2.24) is 10.6 Å². The number of amidine groups is 2. The Kier molecular flexibility index (Phi) is 3.80. The van der Waals surface area contributed by atoms with Crippen molar-refractivity contribution in [3.8, 4) is 0 Å². The molecule has 0 unspecified atom stereocenters. The van der Waals surface area contributed by atoms with E-state index in [0.717, 1.165) is 37.9 Å². The molecule has 4 nitrogen and oxygen atoms in total. The number of hydrogen-bond donors (Lipinski definition) is 2. The van der Waals surface area contributed by atoms with Crippen LogP contribution in [0, 0.1) is 0 Å². The molecule has 0 bridgehead atoms. The van der Waals surface area contributed by atoms with Crippen LogP contribution in [0.15, 0.2) is 46.4 Å². The highest BCUT2D eigenvalue weighted by Crippen LogP contribution is 2.24. The van der Waals surface area contributed by atoms with E-state index in [1.807, 2.05) is 0 Å². The van der Waals surface area contributed by atoms with Gasteiger partial charge in [-0.1, -0.05) is 24.3 Å². The second-order valence-electron chi connectivity index (χ2n) is 5.02. The van der Waals surface area contributed by atoms with Crippen molar-refractivity contribution in [2.24, 2.45) is 9.98 Å². The molecule has 0 amide bonds. The third-order valence-corrected chi connectivity index (χ3v) is 3.78. The number of nitrogens with zero attached hydrogens (tertiary/aromatic N) is 2. The first-order chi connectivity index (χ1) is 9.93. The van der Waals surface area contributed by atoms with Gasteiger partial charge in [-0.2, -0.15) is 0 Å². The lowest BCUT2D eigenvalue weighted by Gasteiger charge is -2.12. The highest BCUT2D eigenvalue weighted by atomic mass is 35.5. The quantitative estimate of drug-likeness (QED) is 0.891. The fourth-order valence-corrected chi connectivity index (χ4v) is 2.87. The molecule has 2 aromatic carbocycles. The topological polar surface area (TPSA) is 48.8 Å². The zero-order valence-corrected chi connectivity index (χ0v) is 12.4. The van der Waals surface area contributed by atoms with E-state index in [4.69, 9.17) is 0 Å². The van der Waals surface area contributed by atoms with E-state index in [-0.39, 0.29) is 12.4 Å². The van der Waals surface area contributed by atoms with E-state index >= 15 is 0 Å². The molecule has 2 aromatic rings. The molecular weight excluding hydrogens is 284 g/mol. The molecule has 2 aliphatic rings. The van der Waals surface area contributed by atoms with Crippen LogP contribution in [0.4, 0.5) is 0 Å². The molecule has 0 radical (unpaired) electrons. The summed E-state index contributed by atoms with van der Waals surface area (Å²) in [5, 5.41) is 9.18. The number of benzene rings is 2. The monoisotopic (exact) mass is 300 g/mol. The zero-order valence-electron chi connectivity index (χ0n) is 11.6. The van der Waals surface area contributed by atoms with E-state index in [0.29, 0.717) is 0 Å². The predicted molar refractivity (Wildman–Crippen MR) is 90.0 cm³/mol. The van der Waals surface area contributed by atoms with Gasteiger partial charge in [0.05, 0.1) is 13.1 Å². The van der Waals surface area contributed by atoms with Crippen molar-refractivity contribution in [1.29, 1.82) is 0 Å². The number of rotatable bonds is 2. The molecule has 108 valence electrons. The van der Waals surface area contributed by atoms with Gasteiger partial charge in [-0.25, -0.2) is 0 Å². The van der Waals surface area contributed by atoms with E-state index in [1.165, 1.54) is 21.9 Å². The number of nitrogens with one attached hydrogen (secondary N) is 2. The van der Waals surface area contributed by atoms with Crippen LogP contribution in [-0.2, 0) is 0 Å². The van der Waals surface area contributed by atoms with Crippen molar-refractivity contribution in [3.63, 3.8) is 0 Å². The molecule has 4 rings (SSSR count). The normalized spacial score (nSPS) is 16.8. The van der Waals surface area contributed by atoms with E-state index in [9.17, 15) is 0 Å². The molecule has 0 saturated carbocycles. The Labute approximate surface area is 129 Å². The van der Waals surface area contributed by atoms with Gasteiger partial charge < -0.3 is 10.6 Å². The molecule has 2 aliphatic heterocycles. The number of aliphatic imine (C=N–C) groups is 2. The minimum absolute atomic E-state index is 0. The van der Waals surface area contributed by atoms with Crippen LogP contribution in [0.3, 0.4) is 0 Å². The smallest absolute Gasteiger partial charge is 0.129 e. The second-order valence-corrected chi connectivity index (χ2v) is 5.02. The molecule has 0 atom stereocenters. The Balaban J connectivity index is 0.00000132. The number of halogens is 1. The van der Waals surface area contributed by atoms with Crippen LogP contribution in [0.2, 0.25) is 0 Å². The lowest BCUT2D eigenvalue weighted by molar-refractivity contribution is 0.960. The van der Waals surface area contributed by atoms with Crippen LogP contribution in [0.1, 0.15) is 11.1 Å². The van der Waals surface area contributed by atoms with Crippen LogP contribution in [0.5, 0.6) is 0 Å². The van der Waals surface area contributed by atoms with Gasteiger partial charge in [0, 0.05) is 24.2 Å². The summed E-state index contributed by atoms with van der Waals surface area (Å²) in [4.78, 5) is 9.09. The Hall–Kier alpha value is -2.07. The lowest BCUT2D eigenvalue weighted by atomic mass is 9.98. The van der Waals surface area contributed by atoms with Crippen molar-refractivity contribution in [2.75, 3.05) is 26.2 Å². The van der Waals surface area contributed by atoms with E-state index in [2.05, 4.69) is 57.0 Å². The molecule has 5 heteroatoms. The summed E-state index contributed by atoms with van der Waals surface area (Å²) in [6.07, 6.45) is 0. The van der Waals surface area contributed by atoms with E-state index in [1.54, 1.807) is 0 Å². The SMILES string of the molecule is Cl.c1ccc2c(C3=NCCN3)ccc(C3=NCCN3)c2c1. The highest BCUT2D eigenvalue weighted by Gasteiger charge is 2.16. The Morgan fingerprint density at radius 2 is 1.19 bits per heavy atom. The summed E-state index contributed by atoms with van der Waals surface area (Å²) < 4.78 is 0. The van der Waals surface area contributed by atoms with Crippen LogP contribution < -0.4 is 10.6 Å². The van der Waals surface area contributed by atoms with Gasteiger partial charge in [0.25, 0.3) is 0 Å². The van der Waals surface area contributed by atoms with Crippen molar-refractivity contribution in [2.45, 2.75) is 0 Å². The van der Waals surface area contributed by atoms with Gasteiger partial charge in [-0.3, -0.25) is 9.98 Å². The summed E-state index contributed by atoms with van der Waals surface area (Å²) in [5.41, 5.74) is 2.36. The average Bonchev–Trinajstić information content (AvgIpc) is 3.19. The lowest BCUT2D eigenvalue weighted by Crippen LogP contribution is -2.22. The van der Waals surface area contributed by atoms with Crippen LogP contribution in [0.25, 0.3) is 10.8 Å². The predicted octanol–water partition coefficient (Wildman–Crippen LogP) is 1.96. The first-order valence-corrected chi connectivity index (χ1v) is 7.02. The third kappa shape index (κ3) is 2.36. The molecule has 2 heterocycles. The average molecular weight is 301 g/mol. The maximum absolute atomic E-state index is 4.54. The zero-order chi connectivity index (χ0) is 13.4. The summed E-state index contributed by atoms with van der Waals surface area (Å²) in [7, 11) is 0. The molecule has 0 spiro atoms. The Bertz CT molecular complexity index is 674. The molecule has 2 N–H and O–H groups in total. The Morgan fingerprint density at radius 1 is 0.714 bits per heavy atom. The maximum atomic E-state index is 4.54. The summed E-state index contributed by atoms with van der Waals surface area (Å²) >= 11 is 0. The van der Waals surface area contributed by atoms with Gasteiger partial charge in [0.15, 0.2) is 0 Å². The standard InChI is InChI=1S/C16H16N4.ClH/c1-2-4-12-11(3-1)13(15-17-7-8-18-15)5-6-14(12)16-19-9-10-20-16;/h1-6H,7-10H2,(H,17,18)(H,19,20);1H. The fraction of sp³-hybridized carbons (Fsp3) is 0.250. The summed E-state index contributed by atoms with van der Waals surface area (Å²) in [5.74, 6) is 2.02. The second kappa shape index (κ2) is 5.74.